The fraction of sp³-hybridized carbons (Fsp3) is 0.923. The zero-order chi connectivity index (χ0) is 12.0. The highest BCUT2D eigenvalue weighted by molar-refractivity contribution is 5.71. The molecular weight excluding hydrogens is 202 g/mol. The fourth-order valence-electron chi connectivity index (χ4n) is 2.06. The lowest BCUT2D eigenvalue weighted by molar-refractivity contribution is -0.145. The minimum atomic E-state index is -0.105. The van der Waals surface area contributed by atoms with Crippen LogP contribution in [0, 0.1) is 11.8 Å². The first kappa shape index (κ1) is 13.5. The van der Waals surface area contributed by atoms with Crippen molar-refractivity contribution < 1.29 is 9.53 Å². The Morgan fingerprint density at radius 2 is 2.12 bits per heavy atom. The fourth-order valence-corrected chi connectivity index (χ4v) is 2.06. The van der Waals surface area contributed by atoms with E-state index in [-0.39, 0.29) is 11.9 Å². The molecule has 0 spiro atoms. The minimum absolute atomic E-state index is 0.00377. The van der Waals surface area contributed by atoms with Crippen LogP contribution in [0.5, 0.6) is 0 Å². The maximum Gasteiger partial charge on any atom is 0.308 e. The van der Waals surface area contributed by atoms with E-state index in [1.807, 2.05) is 6.92 Å². The summed E-state index contributed by atoms with van der Waals surface area (Å²) in [5.41, 5.74) is 0. The van der Waals surface area contributed by atoms with E-state index < -0.39 is 0 Å². The van der Waals surface area contributed by atoms with Crippen molar-refractivity contribution in [1.82, 2.24) is 5.32 Å². The molecule has 0 aromatic heterocycles. The highest BCUT2D eigenvalue weighted by Crippen LogP contribution is 2.33. The molecule has 1 rings (SSSR count). The third kappa shape index (κ3) is 5.50. The predicted octanol–water partition coefficient (Wildman–Crippen LogP) is 2.35. The van der Waals surface area contributed by atoms with E-state index in [1.165, 1.54) is 32.8 Å². The van der Waals surface area contributed by atoms with Crippen LogP contribution in [0.25, 0.3) is 0 Å². The van der Waals surface area contributed by atoms with Crippen molar-refractivity contribution in [2.45, 2.75) is 52.0 Å². The summed E-state index contributed by atoms with van der Waals surface area (Å²) in [5, 5.41) is 3.47. The highest BCUT2D eigenvalue weighted by Gasteiger charge is 2.20. The lowest BCUT2D eigenvalue weighted by atomic mass is 10.0. The van der Waals surface area contributed by atoms with Gasteiger partial charge < -0.3 is 10.1 Å². The lowest BCUT2D eigenvalue weighted by Crippen LogP contribution is -2.30. The van der Waals surface area contributed by atoms with Gasteiger partial charge in [0.25, 0.3) is 0 Å². The molecule has 0 aliphatic heterocycles. The summed E-state index contributed by atoms with van der Waals surface area (Å²) in [6.07, 6.45) is 6.37. The molecular formula is C13H25NO2. The summed E-state index contributed by atoms with van der Waals surface area (Å²) in [6, 6.07) is 0.397. The van der Waals surface area contributed by atoms with Crippen molar-refractivity contribution in [3.05, 3.63) is 0 Å². The number of rotatable bonds is 8. The Kier molecular flexibility index (Phi) is 5.81. The first-order chi connectivity index (χ1) is 7.63. The molecule has 1 fully saturated rings. The predicted molar refractivity (Wildman–Crippen MR) is 65.2 cm³/mol. The molecule has 94 valence electrons. The SMILES string of the molecule is COC(=O)C(C)CC(C)NCCCC1CC1. The quantitative estimate of drug-likeness (QED) is 0.511. The number of carbonyl (C=O) groups is 1. The van der Waals surface area contributed by atoms with Crippen molar-refractivity contribution in [2.75, 3.05) is 13.7 Å². The number of nitrogens with one attached hydrogen (secondary N) is 1. The molecule has 1 saturated carbocycles. The first-order valence-corrected chi connectivity index (χ1v) is 6.44. The topological polar surface area (TPSA) is 38.3 Å². The Balaban J connectivity index is 1.99. The molecule has 3 heteroatoms. The second-order valence-electron chi connectivity index (χ2n) is 5.10. The molecule has 3 nitrogen and oxygen atoms in total. The number of methoxy groups -OCH3 is 1. The van der Waals surface area contributed by atoms with Gasteiger partial charge in [-0.05, 0) is 38.6 Å². The van der Waals surface area contributed by atoms with E-state index in [9.17, 15) is 4.79 Å². The Bertz CT molecular complexity index is 214. The van der Waals surface area contributed by atoms with Gasteiger partial charge >= 0.3 is 5.97 Å². The molecule has 16 heavy (non-hydrogen) atoms. The third-order valence-corrected chi connectivity index (χ3v) is 3.29. The molecule has 0 saturated heterocycles. The van der Waals surface area contributed by atoms with Crippen LogP contribution in [0.15, 0.2) is 0 Å². The second-order valence-corrected chi connectivity index (χ2v) is 5.10. The van der Waals surface area contributed by atoms with Crippen LogP contribution in [0.1, 0.15) is 46.0 Å². The average molecular weight is 227 g/mol. The summed E-state index contributed by atoms with van der Waals surface area (Å²) in [4.78, 5) is 11.2. The van der Waals surface area contributed by atoms with E-state index in [0.29, 0.717) is 6.04 Å². The van der Waals surface area contributed by atoms with Gasteiger partial charge in [-0.2, -0.15) is 0 Å². The van der Waals surface area contributed by atoms with Gasteiger partial charge in [0.05, 0.1) is 13.0 Å². The van der Waals surface area contributed by atoms with Crippen molar-refractivity contribution in [3.63, 3.8) is 0 Å². The largest absolute Gasteiger partial charge is 0.469 e. The maximum atomic E-state index is 11.2. The Morgan fingerprint density at radius 3 is 2.69 bits per heavy atom. The van der Waals surface area contributed by atoms with E-state index in [4.69, 9.17) is 4.74 Å². The standard InChI is InChI=1S/C13H25NO2/c1-10(13(15)16-3)9-11(2)14-8-4-5-12-6-7-12/h10-12,14H,4-9H2,1-3H3. The van der Waals surface area contributed by atoms with E-state index in [0.717, 1.165) is 18.9 Å². The van der Waals surface area contributed by atoms with Crippen LogP contribution >= 0.6 is 0 Å². The molecule has 2 unspecified atom stereocenters. The molecule has 0 heterocycles. The molecule has 0 aromatic carbocycles. The average Bonchev–Trinajstić information content (AvgIpc) is 3.07. The normalized spacial score (nSPS) is 19.2. The van der Waals surface area contributed by atoms with Crippen LogP contribution < -0.4 is 5.32 Å². The number of hydrogen-bond donors (Lipinski definition) is 1. The summed E-state index contributed by atoms with van der Waals surface area (Å²) < 4.78 is 4.71. The summed E-state index contributed by atoms with van der Waals surface area (Å²) in [7, 11) is 1.45. The van der Waals surface area contributed by atoms with Gasteiger partial charge in [-0.25, -0.2) is 0 Å². The molecule has 1 N–H and O–H groups in total. The zero-order valence-electron chi connectivity index (χ0n) is 10.8. The van der Waals surface area contributed by atoms with Crippen molar-refractivity contribution in [3.8, 4) is 0 Å². The molecule has 1 aliphatic carbocycles. The van der Waals surface area contributed by atoms with Gasteiger partial charge in [0, 0.05) is 6.04 Å². The monoisotopic (exact) mass is 227 g/mol. The maximum absolute atomic E-state index is 11.2. The number of esters is 1. The van der Waals surface area contributed by atoms with Crippen LogP contribution in [0.2, 0.25) is 0 Å². The molecule has 0 bridgehead atoms. The van der Waals surface area contributed by atoms with Crippen LogP contribution in [0.3, 0.4) is 0 Å². The van der Waals surface area contributed by atoms with Crippen molar-refractivity contribution in [2.24, 2.45) is 11.8 Å². The summed E-state index contributed by atoms with van der Waals surface area (Å²) >= 11 is 0. The Morgan fingerprint density at radius 1 is 1.44 bits per heavy atom. The van der Waals surface area contributed by atoms with E-state index in [1.54, 1.807) is 0 Å². The highest BCUT2D eigenvalue weighted by atomic mass is 16.5. The molecule has 2 atom stereocenters. The number of hydrogen-bond acceptors (Lipinski definition) is 3. The van der Waals surface area contributed by atoms with Gasteiger partial charge in [0.15, 0.2) is 0 Å². The van der Waals surface area contributed by atoms with Crippen LogP contribution in [0.4, 0.5) is 0 Å². The summed E-state index contributed by atoms with van der Waals surface area (Å²) in [5.74, 6) is 0.911. The van der Waals surface area contributed by atoms with Gasteiger partial charge in [-0.15, -0.1) is 0 Å². The third-order valence-electron chi connectivity index (χ3n) is 3.29. The number of carbonyl (C=O) groups excluding carboxylic acids is 1. The molecule has 1 aliphatic rings. The molecule has 0 radical (unpaired) electrons. The van der Waals surface area contributed by atoms with Gasteiger partial charge in [0.1, 0.15) is 0 Å². The number of ether oxygens (including phenoxy) is 1. The summed E-state index contributed by atoms with van der Waals surface area (Å²) in [6.45, 7) is 5.14. The Hall–Kier alpha value is -0.570. The van der Waals surface area contributed by atoms with Gasteiger partial charge in [-0.1, -0.05) is 19.8 Å². The van der Waals surface area contributed by atoms with Crippen LogP contribution in [-0.2, 0) is 9.53 Å². The zero-order valence-corrected chi connectivity index (χ0v) is 10.8. The van der Waals surface area contributed by atoms with Crippen molar-refractivity contribution >= 4 is 5.97 Å². The van der Waals surface area contributed by atoms with E-state index in [2.05, 4.69) is 12.2 Å². The first-order valence-electron chi connectivity index (χ1n) is 6.44. The Labute approximate surface area is 98.9 Å². The second kappa shape index (κ2) is 6.89. The van der Waals surface area contributed by atoms with Crippen molar-refractivity contribution in [1.29, 1.82) is 0 Å². The lowest BCUT2D eigenvalue weighted by Gasteiger charge is -2.17. The van der Waals surface area contributed by atoms with Gasteiger partial charge in [0.2, 0.25) is 0 Å². The van der Waals surface area contributed by atoms with Crippen LogP contribution in [-0.4, -0.2) is 25.7 Å². The molecule has 0 amide bonds. The molecule has 0 aromatic rings. The minimum Gasteiger partial charge on any atom is -0.469 e. The van der Waals surface area contributed by atoms with Gasteiger partial charge in [-0.3, -0.25) is 4.79 Å². The smallest absolute Gasteiger partial charge is 0.308 e. The van der Waals surface area contributed by atoms with E-state index >= 15 is 0 Å².